The Hall–Kier alpha value is -2.10. The SMILES string of the molecule is CN(C)/C=C(/c1cc(F)cc(I)c1)n1ccc(-c2cn(SI)c3ncc(N4CCOCC4)cc23)cc1=O. The van der Waals surface area contributed by atoms with E-state index in [1.165, 1.54) is 21.3 Å². The molecule has 0 N–H and O–H groups in total. The lowest BCUT2D eigenvalue weighted by Gasteiger charge is -2.28. The number of anilines is 1. The summed E-state index contributed by atoms with van der Waals surface area (Å²) in [7, 11) is 5.28. The van der Waals surface area contributed by atoms with Gasteiger partial charge in [0.2, 0.25) is 0 Å². The van der Waals surface area contributed by atoms with Gasteiger partial charge in [-0.15, -0.1) is 0 Å². The van der Waals surface area contributed by atoms with E-state index >= 15 is 0 Å². The van der Waals surface area contributed by atoms with Crippen molar-refractivity contribution in [3.05, 3.63) is 86.5 Å². The topological polar surface area (TPSA) is 55.5 Å². The van der Waals surface area contributed by atoms with Crippen molar-refractivity contribution in [3.63, 3.8) is 0 Å². The summed E-state index contributed by atoms with van der Waals surface area (Å²) < 4.78 is 24.0. The highest BCUT2D eigenvalue weighted by atomic mass is 127. The van der Waals surface area contributed by atoms with Crippen molar-refractivity contribution < 1.29 is 9.13 Å². The zero-order valence-electron chi connectivity index (χ0n) is 20.2. The number of hydrogen-bond acceptors (Lipinski definition) is 6. The second-order valence-electron chi connectivity index (χ2n) is 8.86. The molecule has 4 aromatic rings. The number of morpholine rings is 1. The van der Waals surface area contributed by atoms with E-state index in [2.05, 4.69) is 54.8 Å². The van der Waals surface area contributed by atoms with E-state index in [4.69, 9.17) is 9.72 Å². The molecule has 0 amide bonds. The molecule has 0 aliphatic carbocycles. The zero-order chi connectivity index (χ0) is 26.1. The first-order chi connectivity index (χ1) is 17.8. The van der Waals surface area contributed by atoms with E-state index in [0.29, 0.717) is 24.5 Å². The fourth-order valence-electron chi connectivity index (χ4n) is 4.41. The van der Waals surface area contributed by atoms with Gasteiger partial charge in [0.1, 0.15) is 5.82 Å². The minimum Gasteiger partial charge on any atom is -0.382 e. The maximum absolute atomic E-state index is 14.2. The van der Waals surface area contributed by atoms with Gasteiger partial charge in [-0.2, -0.15) is 0 Å². The molecule has 0 radical (unpaired) electrons. The van der Waals surface area contributed by atoms with Crippen molar-refractivity contribution in [2.45, 2.75) is 0 Å². The van der Waals surface area contributed by atoms with Crippen LogP contribution in [0, 0.1) is 9.39 Å². The lowest BCUT2D eigenvalue weighted by Crippen LogP contribution is -2.36. The van der Waals surface area contributed by atoms with Crippen LogP contribution in [-0.2, 0) is 4.74 Å². The molecule has 1 aromatic carbocycles. The molecule has 1 saturated heterocycles. The predicted molar refractivity (Wildman–Crippen MR) is 166 cm³/mol. The third-order valence-electron chi connectivity index (χ3n) is 6.08. The summed E-state index contributed by atoms with van der Waals surface area (Å²) in [6, 6.07) is 10.5. The summed E-state index contributed by atoms with van der Waals surface area (Å²) in [6.45, 7) is 3.03. The Morgan fingerprint density at radius 3 is 2.65 bits per heavy atom. The summed E-state index contributed by atoms with van der Waals surface area (Å²) >= 11 is 4.31. The fourth-order valence-corrected chi connectivity index (χ4v) is 6.30. The van der Waals surface area contributed by atoms with Crippen molar-refractivity contribution in [3.8, 4) is 11.1 Å². The molecule has 0 atom stereocenters. The lowest BCUT2D eigenvalue weighted by atomic mass is 10.1. The second-order valence-corrected chi connectivity index (χ2v) is 11.8. The van der Waals surface area contributed by atoms with E-state index in [0.717, 1.165) is 44.5 Å². The Bertz CT molecular complexity index is 1530. The minimum atomic E-state index is -0.344. The van der Waals surface area contributed by atoms with Crippen LogP contribution in [0.3, 0.4) is 0 Å². The van der Waals surface area contributed by atoms with Gasteiger partial charge in [0, 0.05) is 102 Å². The molecular weight excluding hydrogens is 719 g/mol. The first-order valence-electron chi connectivity index (χ1n) is 11.5. The number of halogens is 3. The van der Waals surface area contributed by atoms with E-state index in [1.807, 2.05) is 53.7 Å². The van der Waals surface area contributed by atoms with Gasteiger partial charge < -0.3 is 14.5 Å². The second kappa shape index (κ2) is 11.3. The molecule has 192 valence electrons. The third-order valence-corrected chi connectivity index (χ3v) is 8.40. The standard InChI is InChI=1S/C26H24FI2N5O2S/c1-31(2)16-24(18-9-19(27)12-20(28)10-18)33-4-3-17(11-25(33)35)23-15-34(37-29)26-22(23)13-21(14-30-26)32-5-7-36-8-6-32/h3-4,9-16H,5-8H2,1-2H3/b24-16-. The predicted octanol–water partition coefficient (Wildman–Crippen LogP) is 5.70. The summed E-state index contributed by atoms with van der Waals surface area (Å²) in [5.41, 5.74) is 4.64. The molecule has 0 spiro atoms. The van der Waals surface area contributed by atoms with E-state index in [1.54, 1.807) is 16.8 Å². The molecule has 4 heterocycles. The molecule has 1 aliphatic heterocycles. The molecule has 37 heavy (non-hydrogen) atoms. The Morgan fingerprint density at radius 2 is 1.97 bits per heavy atom. The van der Waals surface area contributed by atoms with Crippen LogP contribution in [0.5, 0.6) is 0 Å². The lowest BCUT2D eigenvalue weighted by molar-refractivity contribution is 0.122. The van der Waals surface area contributed by atoms with Crippen molar-refractivity contribution in [2.24, 2.45) is 0 Å². The van der Waals surface area contributed by atoms with Gasteiger partial charge in [0.25, 0.3) is 5.56 Å². The molecule has 3 aromatic heterocycles. The number of aromatic nitrogens is 3. The average Bonchev–Trinajstić information content (AvgIpc) is 3.25. The number of fused-ring (bicyclic) bond motifs is 1. The normalized spacial score (nSPS) is 14.4. The van der Waals surface area contributed by atoms with Crippen LogP contribution in [0.4, 0.5) is 10.1 Å². The van der Waals surface area contributed by atoms with Crippen LogP contribution in [-0.4, -0.2) is 58.8 Å². The van der Waals surface area contributed by atoms with Gasteiger partial charge in [0.15, 0.2) is 5.65 Å². The van der Waals surface area contributed by atoms with Crippen molar-refractivity contribution >= 4 is 75.3 Å². The van der Waals surface area contributed by atoms with Crippen molar-refractivity contribution in [1.82, 2.24) is 18.4 Å². The van der Waals surface area contributed by atoms with E-state index < -0.39 is 0 Å². The molecule has 0 bridgehead atoms. The number of pyridine rings is 2. The van der Waals surface area contributed by atoms with Crippen molar-refractivity contribution in [2.75, 3.05) is 45.3 Å². The first kappa shape index (κ1) is 26.5. The molecular formula is C26H24FI2N5O2S. The van der Waals surface area contributed by atoms with Crippen LogP contribution in [0.2, 0.25) is 0 Å². The molecule has 0 saturated carbocycles. The van der Waals surface area contributed by atoms with Gasteiger partial charge in [-0.3, -0.25) is 13.3 Å². The van der Waals surface area contributed by atoms with Crippen LogP contribution in [0.15, 0.2) is 66.0 Å². The largest absolute Gasteiger partial charge is 0.382 e. The molecule has 11 heteroatoms. The molecule has 7 nitrogen and oxygen atoms in total. The van der Waals surface area contributed by atoms with Gasteiger partial charge in [0.05, 0.1) is 30.8 Å². The number of ether oxygens (including phenoxy) is 1. The van der Waals surface area contributed by atoms with Gasteiger partial charge in [-0.25, -0.2) is 9.37 Å². The van der Waals surface area contributed by atoms with Crippen LogP contribution in [0.1, 0.15) is 5.56 Å². The summed E-state index contributed by atoms with van der Waals surface area (Å²) in [5, 5.41) is 0.981. The monoisotopic (exact) mass is 743 g/mol. The highest BCUT2D eigenvalue weighted by Crippen LogP contribution is 2.35. The third kappa shape index (κ3) is 5.68. The van der Waals surface area contributed by atoms with E-state index in [9.17, 15) is 9.18 Å². The Labute approximate surface area is 244 Å². The number of hydrogen-bond donors (Lipinski definition) is 0. The first-order valence-corrected chi connectivity index (χ1v) is 15.9. The maximum Gasteiger partial charge on any atom is 0.255 e. The Morgan fingerprint density at radius 1 is 1.19 bits per heavy atom. The van der Waals surface area contributed by atoms with Crippen LogP contribution >= 0.6 is 52.9 Å². The molecule has 0 unspecified atom stereocenters. The summed E-state index contributed by atoms with van der Waals surface area (Å²) in [5.74, 6) is -0.344. The van der Waals surface area contributed by atoms with Gasteiger partial charge in [-0.05, 0) is 58.5 Å². The van der Waals surface area contributed by atoms with Crippen LogP contribution < -0.4 is 10.5 Å². The highest BCUT2D eigenvalue weighted by Gasteiger charge is 2.18. The fraction of sp³-hybridized carbons (Fsp3) is 0.231. The summed E-state index contributed by atoms with van der Waals surface area (Å²) in [4.78, 5) is 22.3. The molecule has 5 rings (SSSR count). The van der Waals surface area contributed by atoms with Gasteiger partial charge in [-0.1, -0.05) is 0 Å². The zero-order valence-corrected chi connectivity index (χ0v) is 25.3. The number of nitrogens with zero attached hydrogens (tertiary/aromatic N) is 5. The quantitative estimate of drug-likeness (QED) is 0.237. The number of rotatable bonds is 6. The Kier molecular flexibility index (Phi) is 8.12. The molecule has 1 aliphatic rings. The molecule has 1 fully saturated rings. The van der Waals surface area contributed by atoms with Gasteiger partial charge >= 0.3 is 0 Å². The highest BCUT2D eigenvalue weighted by molar-refractivity contribution is 14.2. The number of benzene rings is 1. The smallest absolute Gasteiger partial charge is 0.255 e. The Balaban J connectivity index is 1.60. The van der Waals surface area contributed by atoms with Crippen LogP contribution in [0.25, 0.3) is 27.9 Å². The minimum absolute atomic E-state index is 0.204. The van der Waals surface area contributed by atoms with E-state index in [-0.39, 0.29) is 11.4 Å². The average molecular weight is 743 g/mol. The maximum atomic E-state index is 14.2. The summed E-state index contributed by atoms with van der Waals surface area (Å²) in [6.07, 6.45) is 7.49. The van der Waals surface area contributed by atoms with Crippen molar-refractivity contribution in [1.29, 1.82) is 0 Å².